The fraction of sp³-hybridized carbons (Fsp3) is 0.875. The van der Waals surface area contributed by atoms with E-state index in [-0.39, 0.29) is 5.78 Å². The molecule has 1 N–H and O–H groups in total. The van der Waals surface area contributed by atoms with Crippen LogP contribution in [0.2, 0.25) is 0 Å². The first kappa shape index (κ1) is 8.68. The van der Waals surface area contributed by atoms with Crippen molar-refractivity contribution in [1.29, 1.82) is 0 Å². The molecular weight excluding hydrogens is 142 g/mol. The molecule has 0 spiro atoms. The van der Waals surface area contributed by atoms with Gasteiger partial charge in [0, 0.05) is 6.54 Å². The van der Waals surface area contributed by atoms with E-state index in [1.54, 1.807) is 0 Å². The Bertz CT molecular complexity index is 169. The highest BCUT2D eigenvalue weighted by atomic mass is 16.3. The number of hydrogen-bond acceptors (Lipinski definition) is 3. The van der Waals surface area contributed by atoms with E-state index in [2.05, 4.69) is 0 Å². The summed E-state index contributed by atoms with van der Waals surface area (Å²) in [6.45, 7) is 2.93. The van der Waals surface area contributed by atoms with Crippen LogP contribution in [0.15, 0.2) is 0 Å². The Balaban J connectivity index is 2.63. The largest absolute Gasteiger partial charge is 0.381 e. The standard InChI is InChI=1S/C8H15NO2/c1-7(10)8(11)4-3-5-9(2)6-8/h11H,3-6H2,1-2H3. The first-order chi connectivity index (χ1) is 5.04. The van der Waals surface area contributed by atoms with E-state index in [0.29, 0.717) is 13.0 Å². The normalized spacial score (nSPS) is 33.7. The van der Waals surface area contributed by atoms with Crippen LogP contribution in [0.3, 0.4) is 0 Å². The van der Waals surface area contributed by atoms with Gasteiger partial charge in [-0.2, -0.15) is 0 Å². The molecule has 0 aromatic heterocycles. The number of ketones is 1. The lowest BCUT2D eigenvalue weighted by molar-refractivity contribution is -0.140. The SMILES string of the molecule is CC(=O)C1(O)CCCN(C)C1. The molecule has 1 saturated heterocycles. The number of β-amino-alcohol motifs (C(OH)–C–C–N with tert-alkyl or cyclic N) is 1. The van der Waals surface area contributed by atoms with Crippen LogP contribution in [-0.2, 0) is 4.79 Å². The molecule has 0 aromatic rings. The first-order valence-electron chi connectivity index (χ1n) is 3.96. The third-order valence-electron chi connectivity index (χ3n) is 2.32. The Morgan fingerprint density at radius 1 is 1.64 bits per heavy atom. The topological polar surface area (TPSA) is 40.5 Å². The van der Waals surface area contributed by atoms with Gasteiger partial charge in [-0.25, -0.2) is 0 Å². The van der Waals surface area contributed by atoms with Crippen molar-refractivity contribution in [1.82, 2.24) is 4.90 Å². The smallest absolute Gasteiger partial charge is 0.162 e. The fourth-order valence-electron chi connectivity index (χ4n) is 1.53. The van der Waals surface area contributed by atoms with E-state index in [1.165, 1.54) is 6.92 Å². The quantitative estimate of drug-likeness (QED) is 0.584. The van der Waals surface area contributed by atoms with Crippen LogP contribution < -0.4 is 0 Å². The average molecular weight is 157 g/mol. The van der Waals surface area contributed by atoms with Gasteiger partial charge in [0.1, 0.15) is 5.60 Å². The monoisotopic (exact) mass is 157 g/mol. The lowest BCUT2D eigenvalue weighted by Crippen LogP contribution is -2.50. The third-order valence-corrected chi connectivity index (χ3v) is 2.32. The second kappa shape index (κ2) is 2.91. The van der Waals surface area contributed by atoms with Gasteiger partial charge in [0.2, 0.25) is 0 Å². The summed E-state index contributed by atoms with van der Waals surface area (Å²) in [6.07, 6.45) is 1.53. The predicted molar refractivity (Wildman–Crippen MR) is 42.4 cm³/mol. The minimum atomic E-state index is -1.06. The van der Waals surface area contributed by atoms with Crippen LogP contribution in [0.5, 0.6) is 0 Å². The first-order valence-corrected chi connectivity index (χ1v) is 3.96. The third kappa shape index (κ3) is 1.79. The summed E-state index contributed by atoms with van der Waals surface area (Å²) in [5.74, 6) is -0.107. The molecule has 0 amide bonds. The number of likely N-dealkylation sites (tertiary alicyclic amines) is 1. The number of hydrogen-bond donors (Lipinski definition) is 1. The molecule has 1 aliphatic heterocycles. The van der Waals surface area contributed by atoms with Crippen molar-refractivity contribution in [3.8, 4) is 0 Å². The van der Waals surface area contributed by atoms with Crippen molar-refractivity contribution in [2.75, 3.05) is 20.1 Å². The van der Waals surface area contributed by atoms with Crippen LogP contribution in [0.4, 0.5) is 0 Å². The molecule has 0 radical (unpaired) electrons. The summed E-state index contributed by atoms with van der Waals surface area (Å²) >= 11 is 0. The van der Waals surface area contributed by atoms with Crippen LogP contribution >= 0.6 is 0 Å². The summed E-state index contributed by atoms with van der Waals surface area (Å²) < 4.78 is 0. The van der Waals surface area contributed by atoms with Crippen LogP contribution in [-0.4, -0.2) is 41.5 Å². The van der Waals surface area contributed by atoms with Crippen LogP contribution in [0, 0.1) is 0 Å². The van der Waals surface area contributed by atoms with Crippen molar-refractivity contribution in [2.45, 2.75) is 25.4 Å². The molecule has 1 atom stereocenters. The Labute approximate surface area is 67.0 Å². The summed E-state index contributed by atoms with van der Waals surface area (Å²) in [7, 11) is 1.92. The van der Waals surface area contributed by atoms with E-state index < -0.39 is 5.60 Å². The highest BCUT2D eigenvalue weighted by Crippen LogP contribution is 2.20. The molecule has 0 saturated carbocycles. The zero-order valence-electron chi connectivity index (χ0n) is 7.13. The second-order valence-corrected chi connectivity index (χ2v) is 3.43. The van der Waals surface area contributed by atoms with Crippen LogP contribution in [0.1, 0.15) is 19.8 Å². The Morgan fingerprint density at radius 3 is 2.64 bits per heavy atom. The van der Waals surface area contributed by atoms with Gasteiger partial charge in [0.15, 0.2) is 5.78 Å². The van der Waals surface area contributed by atoms with Crippen LogP contribution in [0.25, 0.3) is 0 Å². The van der Waals surface area contributed by atoms with E-state index in [4.69, 9.17) is 0 Å². The highest BCUT2D eigenvalue weighted by Gasteiger charge is 2.35. The van der Waals surface area contributed by atoms with E-state index in [1.807, 2.05) is 11.9 Å². The lowest BCUT2D eigenvalue weighted by Gasteiger charge is -2.35. The molecule has 1 heterocycles. The molecule has 1 unspecified atom stereocenters. The van der Waals surface area contributed by atoms with Gasteiger partial charge in [0.05, 0.1) is 0 Å². The van der Waals surface area contributed by atoms with E-state index in [9.17, 15) is 9.90 Å². The maximum absolute atomic E-state index is 11.0. The Hall–Kier alpha value is -0.410. The van der Waals surface area contributed by atoms with E-state index >= 15 is 0 Å². The van der Waals surface area contributed by atoms with Crippen molar-refractivity contribution in [3.63, 3.8) is 0 Å². The van der Waals surface area contributed by atoms with Gasteiger partial charge in [-0.1, -0.05) is 0 Å². The van der Waals surface area contributed by atoms with Crippen molar-refractivity contribution in [3.05, 3.63) is 0 Å². The van der Waals surface area contributed by atoms with Crippen molar-refractivity contribution >= 4 is 5.78 Å². The summed E-state index contributed by atoms with van der Waals surface area (Å²) in [4.78, 5) is 13.0. The molecule has 3 nitrogen and oxygen atoms in total. The number of Topliss-reactive ketones (excluding diaryl/α,β-unsaturated/α-hetero) is 1. The molecule has 3 heteroatoms. The van der Waals surface area contributed by atoms with Gasteiger partial charge < -0.3 is 10.0 Å². The molecule has 1 fully saturated rings. The second-order valence-electron chi connectivity index (χ2n) is 3.43. The highest BCUT2D eigenvalue weighted by molar-refractivity contribution is 5.85. The molecule has 0 bridgehead atoms. The zero-order valence-corrected chi connectivity index (χ0v) is 7.13. The number of rotatable bonds is 1. The number of aliphatic hydroxyl groups is 1. The Kier molecular flexibility index (Phi) is 2.30. The van der Waals surface area contributed by atoms with Crippen molar-refractivity contribution < 1.29 is 9.90 Å². The summed E-state index contributed by atoms with van der Waals surface area (Å²) in [6, 6.07) is 0. The van der Waals surface area contributed by atoms with Gasteiger partial charge in [-0.05, 0) is 33.4 Å². The van der Waals surface area contributed by atoms with Gasteiger partial charge in [-0.15, -0.1) is 0 Å². The predicted octanol–water partition coefficient (Wildman–Crippen LogP) is 0.0321. The molecule has 11 heavy (non-hydrogen) atoms. The minimum absolute atomic E-state index is 0.107. The van der Waals surface area contributed by atoms with E-state index in [0.717, 1.165) is 13.0 Å². The molecule has 0 aliphatic carbocycles. The fourth-order valence-corrected chi connectivity index (χ4v) is 1.53. The molecule has 0 aromatic carbocycles. The average Bonchev–Trinajstić information content (AvgIpc) is 1.86. The molecular formula is C8H15NO2. The maximum atomic E-state index is 11.0. The molecule has 1 aliphatic rings. The summed E-state index contributed by atoms with van der Waals surface area (Å²) in [5, 5.41) is 9.73. The number of carbonyl (C=O) groups is 1. The number of likely N-dealkylation sites (N-methyl/N-ethyl adjacent to an activating group) is 1. The van der Waals surface area contributed by atoms with Gasteiger partial charge in [-0.3, -0.25) is 4.79 Å². The lowest BCUT2D eigenvalue weighted by atomic mass is 9.90. The van der Waals surface area contributed by atoms with Gasteiger partial charge in [0.25, 0.3) is 0 Å². The van der Waals surface area contributed by atoms with Crippen molar-refractivity contribution in [2.24, 2.45) is 0 Å². The zero-order chi connectivity index (χ0) is 8.48. The summed E-state index contributed by atoms with van der Waals surface area (Å²) in [5.41, 5.74) is -1.06. The number of nitrogens with zero attached hydrogens (tertiary/aromatic N) is 1. The maximum Gasteiger partial charge on any atom is 0.162 e. The minimum Gasteiger partial charge on any atom is -0.381 e. The molecule has 64 valence electrons. The molecule has 1 rings (SSSR count). The Morgan fingerprint density at radius 2 is 2.27 bits per heavy atom. The van der Waals surface area contributed by atoms with Gasteiger partial charge >= 0.3 is 0 Å². The number of carbonyl (C=O) groups excluding carboxylic acids is 1. The number of piperidine rings is 1.